The Morgan fingerprint density at radius 2 is 1.67 bits per heavy atom. The summed E-state index contributed by atoms with van der Waals surface area (Å²) in [5, 5.41) is 34.6. The summed E-state index contributed by atoms with van der Waals surface area (Å²) in [5.41, 5.74) is -2.78. The van der Waals surface area contributed by atoms with Crippen molar-refractivity contribution >= 4 is 17.9 Å². The SMILES string of the molecule is CC(C(=O)O)C(O)(CC(=O)O)C(=O)O.[H-].[Na+]. The van der Waals surface area contributed by atoms with Gasteiger partial charge in [-0.15, -0.1) is 0 Å². The number of rotatable bonds is 5. The molecule has 0 saturated carbocycles. The standard InChI is InChI=1S/C7H10O7.Na.H/c1-3(5(10)11)7(14,6(12)13)2-4(8)9;;/h3,14H,2H2,1H3,(H,8,9)(H,10,11)(H,12,13);;/q;+1;-1. The van der Waals surface area contributed by atoms with Gasteiger partial charge in [0.15, 0.2) is 5.60 Å². The molecule has 0 aliphatic rings. The number of hydrogen-bond acceptors (Lipinski definition) is 4. The molecule has 0 saturated heterocycles. The monoisotopic (exact) mass is 230 g/mol. The van der Waals surface area contributed by atoms with E-state index < -0.39 is 35.8 Å². The third-order valence-corrected chi connectivity index (χ3v) is 1.88. The minimum Gasteiger partial charge on any atom is -1.00 e. The Kier molecular flexibility index (Phi) is 6.78. The van der Waals surface area contributed by atoms with Crippen molar-refractivity contribution < 1.29 is 65.8 Å². The van der Waals surface area contributed by atoms with Gasteiger partial charge in [0.25, 0.3) is 0 Å². The van der Waals surface area contributed by atoms with E-state index in [4.69, 9.17) is 15.3 Å². The van der Waals surface area contributed by atoms with E-state index in [1.165, 1.54) is 0 Å². The molecule has 0 radical (unpaired) electrons. The summed E-state index contributed by atoms with van der Waals surface area (Å²) in [5.74, 6) is -6.72. The molecule has 0 aliphatic carbocycles. The number of aliphatic hydroxyl groups is 1. The van der Waals surface area contributed by atoms with Crippen molar-refractivity contribution in [1.29, 1.82) is 0 Å². The minimum absolute atomic E-state index is 0. The van der Waals surface area contributed by atoms with Gasteiger partial charge in [0.1, 0.15) is 0 Å². The molecule has 0 fully saturated rings. The fourth-order valence-electron chi connectivity index (χ4n) is 0.849. The predicted octanol–water partition coefficient (Wildman–Crippen LogP) is -3.89. The number of carboxylic acid groups (broad SMARTS) is 3. The number of carbonyl (C=O) groups is 3. The van der Waals surface area contributed by atoms with E-state index in [1.54, 1.807) is 0 Å². The zero-order valence-corrected chi connectivity index (χ0v) is 10.3. The van der Waals surface area contributed by atoms with Crippen molar-refractivity contribution in [2.45, 2.75) is 18.9 Å². The van der Waals surface area contributed by atoms with Crippen molar-refractivity contribution in [1.82, 2.24) is 0 Å². The van der Waals surface area contributed by atoms with E-state index in [0.717, 1.165) is 6.92 Å². The molecule has 0 bridgehead atoms. The van der Waals surface area contributed by atoms with Crippen LogP contribution >= 0.6 is 0 Å². The molecule has 15 heavy (non-hydrogen) atoms. The molecule has 8 heteroatoms. The minimum atomic E-state index is -2.78. The molecule has 0 aliphatic heterocycles. The Balaban J connectivity index is -0.000000845. The van der Waals surface area contributed by atoms with Gasteiger partial charge in [0.05, 0.1) is 12.3 Å². The van der Waals surface area contributed by atoms with Gasteiger partial charge < -0.3 is 21.9 Å². The second-order valence-electron chi connectivity index (χ2n) is 2.86. The summed E-state index contributed by atoms with van der Waals surface area (Å²) in [6.07, 6.45) is -1.16. The molecule has 4 N–H and O–H groups in total. The molecule has 0 rings (SSSR count). The summed E-state index contributed by atoms with van der Waals surface area (Å²) in [6.45, 7) is 0.930. The molecule has 0 aromatic carbocycles. The van der Waals surface area contributed by atoms with Gasteiger partial charge in [-0.1, -0.05) is 0 Å². The number of hydrogen-bond donors (Lipinski definition) is 4. The third kappa shape index (κ3) is 4.17. The summed E-state index contributed by atoms with van der Waals surface area (Å²) in [4.78, 5) is 31.2. The van der Waals surface area contributed by atoms with Crippen molar-refractivity contribution in [2.24, 2.45) is 5.92 Å². The van der Waals surface area contributed by atoms with Crippen LogP contribution in [0.2, 0.25) is 0 Å². The van der Waals surface area contributed by atoms with Gasteiger partial charge in [-0.3, -0.25) is 9.59 Å². The summed E-state index contributed by atoms with van der Waals surface area (Å²) < 4.78 is 0. The van der Waals surface area contributed by atoms with Gasteiger partial charge in [0.2, 0.25) is 0 Å². The number of carboxylic acids is 3. The average molecular weight is 230 g/mol. The van der Waals surface area contributed by atoms with Crippen LogP contribution in [0.1, 0.15) is 14.8 Å². The first kappa shape index (κ1) is 16.8. The largest absolute Gasteiger partial charge is 1.00 e. The van der Waals surface area contributed by atoms with Crippen LogP contribution in [-0.4, -0.2) is 43.9 Å². The van der Waals surface area contributed by atoms with Crippen LogP contribution in [0.25, 0.3) is 0 Å². The Morgan fingerprint density at radius 1 is 1.27 bits per heavy atom. The van der Waals surface area contributed by atoms with Crippen LogP contribution in [0.5, 0.6) is 0 Å². The zero-order chi connectivity index (χ0) is 11.5. The molecule has 82 valence electrons. The van der Waals surface area contributed by atoms with Crippen LogP contribution in [0.3, 0.4) is 0 Å². The fourth-order valence-corrected chi connectivity index (χ4v) is 0.849. The zero-order valence-electron chi connectivity index (χ0n) is 9.30. The van der Waals surface area contributed by atoms with Crippen molar-refractivity contribution in [3.8, 4) is 0 Å². The molecule has 0 aromatic rings. The molecule has 2 atom stereocenters. The maximum atomic E-state index is 10.5. The second kappa shape index (κ2) is 6.06. The molecular formula is C7H11NaO7. The van der Waals surface area contributed by atoms with Crippen LogP contribution < -0.4 is 29.6 Å². The normalized spacial score (nSPS) is 15.6. The summed E-state index contributed by atoms with van der Waals surface area (Å²) in [6, 6.07) is 0. The Hall–Kier alpha value is -0.630. The van der Waals surface area contributed by atoms with E-state index in [1.807, 2.05) is 0 Å². The predicted molar refractivity (Wildman–Crippen MR) is 42.8 cm³/mol. The van der Waals surface area contributed by atoms with Crippen LogP contribution in [0.4, 0.5) is 0 Å². The first-order chi connectivity index (χ1) is 6.21. The van der Waals surface area contributed by atoms with Crippen molar-refractivity contribution in [3.63, 3.8) is 0 Å². The van der Waals surface area contributed by atoms with Crippen LogP contribution in [-0.2, 0) is 14.4 Å². The Morgan fingerprint density at radius 3 is 1.87 bits per heavy atom. The number of aliphatic carboxylic acids is 3. The second-order valence-corrected chi connectivity index (χ2v) is 2.86. The average Bonchev–Trinajstić information content (AvgIpc) is 2.00. The van der Waals surface area contributed by atoms with Gasteiger partial charge in [-0.05, 0) is 6.92 Å². The summed E-state index contributed by atoms with van der Waals surface area (Å²) in [7, 11) is 0. The Bertz CT molecular complexity index is 282. The molecule has 0 amide bonds. The van der Waals surface area contributed by atoms with Crippen molar-refractivity contribution in [3.05, 3.63) is 0 Å². The topological polar surface area (TPSA) is 132 Å². The van der Waals surface area contributed by atoms with Crippen LogP contribution in [0, 0.1) is 5.92 Å². The van der Waals surface area contributed by atoms with E-state index in [-0.39, 0.29) is 31.0 Å². The Labute approximate surface area is 108 Å². The van der Waals surface area contributed by atoms with E-state index in [2.05, 4.69) is 0 Å². The van der Waals surface area contributed by atoms with Gasteiger partial charge in [0, 0.05) is 0 Å². The first-order valence-electron chi connectivity index (χ1n) is 3.62. The maximum absolute atomic E-state index is 10.5. The molecule has 0 spiro atoms. The van der Waals surface area contributed by atoms with E-state index in [0.29, 0.717) is 0 Å². The van der Waals surface area contributed by atoms with Gasteiger partial charge in [-0.25, -0.2) is 4.79 Å². The molecule has 7 nitrogen and oxygen atoms in total. The molecule has 0 heterocycles. The third-order valence-electron chi connectivity index (χ3n) is 1.88. The van der Waals surface area contributed by atoms with Gasteiger partial charge in [-0.2, -0.15) is 0 Å². The molecule has 0 aromatic heterocycles. The van der Waals surface area contributed by atoms with E-state index in [9.17, 15) is 19.5 Å². The molecule has 2 unspecified atom stereocenters. The summed E-state index contributed by atoms with van der Waals surface area (Å²) >= 11 is 0. The van der Waals surface area contributed by atoms with Crippen molar-refractivity contribution in [2.75, 3.05) is 0 Å². The smallest absolute Gasteiger partial charge is 1.00 e. The van der Waals surface area contributed by atoms with Gasteiger partial charge >= 0.3 is 47.5 Å². The quantitative estimate of drug-likeness (QED) is 0.355. The maximum Gasteiger partial charge on any atom is 1.00 e. The molecular weight excluding hydrogens is 219 g/mol. The van der Waals surface area contributed by atoms with E-state index >= 15 is 0 Å². The fraction of sp³-hybridized carbons (Fsp3) is 0.571. The first-order valence-corrected chi connectivity index (χ1v) is 3.62. The van der Waals surface area contributed by atoms with Crippen LogP contribution in [0.15, 0.2) is 0 Å².